The average Bonchev–Trinajstić information content (AvgIpc) is 2.20. The van der Waals surface area contributed by atoms with E-state index in [0.717, 1.165) is 17.7 Å². The smallest absolute Gasteiger partial charge is 0.335 e. The number of hydrogen-bond acceptors (Lipinski definition) is 2. The number of carboxylic acid groups (broad SMARTS) is 1. The van der Waals surface area contributed by atoms with Crippen LogP contribution in [-0.2, 0) is 0 Å². The summed E-state index contributed by atoms with van der Waals surface area (Å²) in [7, 11) is 0. The van der Waals surface area contributed by atoms with Gasteiger partial charge in [0, 0.05) is 11.2 Å². The van der Waals surface area contributed by atoms with E-state index in [1.807, 2.05) is 13.0 Å². The van der Waals surface area contributed by atoms with Crippen molar-refractivity contribution in [2.24, 2.45) is 0 Å². The molecule has 0 saturated heterocycles. The Hall–Kier alpha value is -1.51. The molecule has 16 heavy (non-hydrogen) atoms. The summed E-state index contributed by atoms with van der Waals surface area (Å²) >= 11 is 0. The Balaban J connectivity index is 2.96. The lowest BCUT2D eigenvalue weighted by molar-refractivity contribution is 0.0697. The van der Waals surface area contributed by atoms with Crippen molar-refractivity contribution in [1.82, 2.24) is 0 Å². The van der Waals surface area contributed by atoms with E-state index in [-0.39, 0.29) is 5.54 Å². The van der Waals surface area contributed by atoms with Gasteiger partial charge in [-0.25, -0.2) is 4.79 Å². The molecule has 88 valence electrons. The number of aryl methyl sites for hydroxylation is 1. The lowest BCUT2D eigenvalue weighted by Gasteiger charge is -2.27. The van der Waals surface area contributed by atoms with Gasteiger partial charge in [0.25, 0.3) is 0 Å². The van der Waals surface area contributed by atoms with Crippen molar-refractivity contribution >= 4 is 11.7 Å². The van der Waals surface area contributed by atoms with E-state index in [1.165, 1.54) is 0 Å². The lowest BCUT2D eigenvalue weighted by Crippen LogP contribution is -2.30. The summed E-state index contributed by atoms with van der Waals surface area (Å²) in [4.78, 5) is 10.8. The minimum atomic E-state index is -0.885. The molecule has 0 atom stereocenters. The second-order valence-electron chi connectivity index (χ2n) is 4.70. The Morgan fingerprint density at radius 3 is 2.50 bits per heavy atom. The normalized spacial score (nSPS) is 11.2. The standard InChI is InChI=1S/C13H19NO2/c1-5-13(3,4)14-11-7-6-10(12(15)16)8-9(11)2/h6-8,14H,5H2,1-4H3,(H,15,16). The van der Waals surface area contributed by atoms with Gasteiger partial charge in [0.05, 0.1) is 5.56 Å². The Morgan fingerprint density at radius 1 is 1.44 bits per heavy atom. The number of hydrogen-bond donors (Lipinski definition) is 2. The van der Waals surface area contributed by atoms with E-state index < -0.39 is 5.97 Å². The Labute approximate surface area is 96.5 Å². The molecule has 0 spiro atoms. The molecule has 0 radical (unpaired) electrons. The van der Waals surface area contributed by atoms with Gasteiger partial charge in [0.15, 0.2) is 0 Å². The summed E-state index contributed by atoms with van der Waals surface area (Å²) in [6, 6.07) is 5.15. The molecule has 0 heterocycles. The molecule has 0 bridgehead atoms. The molecule has 1 aromatic carbocycles. The van der Waals surface area contributed by atoms with Crippen LogP contribution in [0.2, 0.25) is 0 Å². The van der Waals surface area contributed by atoms with Gasteiger partial charge in [0.2, 0.25) is 0 Å². The molecule has 3 heteroatoms. The summed E-state index contributed by atoms with van der Waals surface area (Å²) in [5.74, 6) is -0.885. The average molecular weight is 221 g/mol. The maximum atomic E-state index is 10.8. The van der Waals surface area contributed by atoms with Crippen LogP contribution in [0.1, 0.15) is 43.1 Å². The van der Waals surface area contributed by atoms with Crippen molar-refractivity contribution in [3.05, 3.63) is 29.3 Å². The second-order valence-corrected chi connectivity index (χ2v) is 4.70. The van der Waals surface area contributed by atoms with Crippen LogP contribution in [0.5, 0.6) is 0 Å². The van der Waals surface area contributed by atoms with Gasteiger partial charge >= 0.3 is 5.97 Å². The van der Waals surface area contributed by atoms with Gasteiger partial charge in [0.1, 0.15) is 0 Å². The third kappa shape index (κ3) is 2.99. The molecule has 0 unspecified atom stereocenters. The zero-order valence-electron chi connectivity index (χ0n) is 10.3. The highest BCUT2D eigenvalue weighted by Crippen LogP contribution is 2.22. The number of anilines is 1. The van der Waals surface area contributed by atoms with E-state index in [0.29, 0.717) is 5.56 Å². The van der Waals surface area contributed by atoms with Crippen molar-refractivity contribution in [2.45, 2.75) is 39.7 Å². The predicted octanol–water partition coefficient (Wildman–Crippen LogP) is 3.29. The van der Waals surface area contributed by atoms with Crippen LogP contribution in [0.15, 0.2) is 18.2 Å². The van der Waals surface area contributed by atoms with Crippen LogP contribution in [0.4, 0.5) is 5.69 Å². The number of rotatable bonds is 4. The fourth-order valence-corrected chi connectivity index (χ4v) is 1.39. The molecule has 3 nitrogen and oxygen atoms in total. The maximum Gasteiger partial charge on any atom is 0.335 e. The number of carbonyl (C=O) groups is 1. The molecule has 0 aromatic heterocycles. The van der Waals surface area contributed by atoms with Gasteiger partial charge in [-0.15, -0.1) is 0 Å². The van der Waals surface area contributed by atoms with Crippen LogP contribution < -0.4 is 5.32 Å². The summed E-state index contributed by atoms with van der Waals surface area (Å²) in [5, 5.41) is 12.3. The topological polar surface area (TPSA) is 49.3 Å². The highest BCUT2D eigenvalue weighted by atomic mass is 16.4. The van der Waals surface area contributed by atoms with E-state index in [2.05, 4.69) is 26.1 Å². The molecule has 0 aliphatic carbocycles. The lowest BCUT2D eigenvalue weighted by atomic mass is 10.00. The minimum Gasteiger partial charge on any atom is -0.478 e. The van der Waals surface area contributed by atoms with Gasteiger partial charge in [-0.1, -0.05) is 6.92 Å². The monoisotopic (exact) mass is 221 g/mol. The maximum absolute atomic E-state index is 10.8. The van der Waals surface area contributed by atoms with E-state index >= 15 is 0 Å². The number of aromatic carboxylic acids is 1. The van der Waals surface area contributed by atoms with E-state index in [4.69, 9.17) is 5.11 Å². The van der Waals surface area contributed by atoms with Gasteiger partial charge < -0.3 is 10.4 Å². The first kappa shape index (κ1) is 12.6. The van der Waals surface area contributed by atoms with Gasteiger partial charge in [-0.05, 0) is 51.0 Å². The zero-order valence-corrected chi connectivity index (χ0v) is 10.3. The first-order valence-electron chi connectivity index (χ1n) is 5.48. The molecule has 2 N–H and O–H groups in total. The fraction of sp³-hybridized carbons (Fsp3) is 0.462. The first-order chi connectivity index (χ1) is 7.35. The van der Waals surface area contributed by atoms with Crippen LogP contribution in [0, 0.1) is 6.92 Å². The molecule has 1 aromatic rings. The van der Waals surface area contributed by atoms with Crippen LogP contribution in [0.3, 0.4) is 0 Å². The first-order valence-corrected chi connectivity index (χ1v) is 5.48. The SMILES string of the molecule is CCC(C)(C)Nc1ccc(C(=O)O)cc1C. The second kappa shape index (κ2) is 4.56. The third-order valence-corrected chi connectivity index (χ3v) is 2.83. The van der Waals surface area contributed by atoms with Crippen LogP contribution in [-0.4, -0.2) is 16.6 Å². The fourth-order valence-electron chi connectivity index (χ4n) is 1.39. The molecular formula is C13H19NO2. The van der Waals surface area contributed by atoms with E-state index in [1.54, 1.807) is 12.1 Å². The highest BCUT2D eigenvalue weighted by Gasteiger charge is 2.15. The summed E-state index contributed by atoms with van der Waals surface area (Å²) in [6.45, 7) is 8.28. The van der Waals surface area contributed by atoms with Crippen molar-refractivity contribution in [3.63, 3.8) is 0 Å². The Morgan fingerprint density at radius 2 is 2.06 bits per heavy atom. The highest BCUT2D eigenvalue weighted by molar-refractivity contribution is 5.88. The van der Waals surface area contributed by atoms with Gasteiger partial charge in [-0.3, -0.25) is 0 Å². The van der Waals surface area contributed by atoms with Gasteiger partial charge in [-0.2, -0.15) is 0 Å². The molecule has 0 saturated carbocycles. The quantitative estimate of drug-likeness (QED) is 0.820. The van der Waals surface area contributed by atoms with Crippen molar-refractivity contribution in [1.29, 1.82) is 0 Å². The third-order valence-electron chi connectivity index (χ3n) is 2.83. The molecule has 0 amide bonds. The largest absolute Gasteiger partial charge is 0.478 e. The molecular weight excluding hydrogens is 202 g/mol. The summed E-state index contributed by atoms with van der Waals surface area (Å²) in [6.07, 6.45) is 1.01. The van der Waals surface area contributed by atoms with E-state index in [9.17, 15) is 4.79 Å². The molecule has 1 rings (SSSR count). The van der Waals surface area contributed by atoms with Crippen molar-refractivity contribution in [3.8, 4) is 0 Å². The minimum absolute atomic E-state index is 0.0233. The Bertz CT molecular complexity index is 397. The number of nitrogens with one attached hydrogen (secondary N) is 1. The molecule has 0 aliphatic rings. The van der Waals surface area contributed by atoms with Crippen LogP contribution in [0.25, 0.3) is 0 Å². The van der Waals surface area contributed by atoms with Crippen LogP contribution >= 0.6 is 0 Å². The summed E-state index contributed by atoms with van der Waals surface area (Å²) in [5.41, 5.74) is 2.31. The predicted molar refractivity (Wildman–Crippen MR) is 66.1 cm³/mol. The molecule has 0 aliphatic heterocycles. The van der Waals surface area contributed by atoms with Crippen molar-refractivity contribution in [2.75, 3.05) is 5.32 Å². The zero-order chi connectivity index (χ0) is 12.3. The number of carboxylic acids is 1. The summed E-state index contributed by atoms with van der Waals surface area (Å²) < 4.78 is 0. The Kier molecular flexibility index (Phi) is 3.58. The van der Waals surface area contributed by atoms with Crippen molar-refractivity contribution < 1.29 is 9.90 Å². The molecule has 0 fully saturated rings. The number of benzene rings is 1.